The summed E-state index contributed by atoms with van der Waals surface area (Å²) in [6, 6.07) is 30.6. The molecule has 0 bridgehead atoms. The second kappa shape index (κ2) is 11.4. The molecule has 4 aromatic carbocycles. The quantitative estimate of drug-likeness (QED) is 0.266. The molecular formula is C29H27N3O3S2. The normalized spacial score (nSPS) is 11.1. The molecule has 188 valence electrons. The summed E-state index contributed by atoms with van der Waals surface area (Å²) in [6.45, 7) is 3.82. The van der Waals surface area contributed by atoms with E-state index in [1.54, 1.807) is 24.3 Å². The second-order valence-corrected chi connectivity index (χ2v) is 10.8. The summed E-state index contributed by atoms with van der Waals surface area (Å²) in [6.07, 6.45) is 0. The highest BCUT2D eigenvalue weighted by Crippen LogP contribution is 2.25. The molecule has 3 N–H and O–H groups in total. The molecule has 4 aromatic rings. The molecule has 0 fully saturated rings. The smallest absolute Gasteiger partial charge is 0.261 e. The first-order valence-electron chi connectivity index (χ1n) is 11.6. The molecule has 37 heavy (non-hydrogen) atoms. The molecule has 0 spiro atoms. The van der Waals surface area contributed by atoms with Gasteiger partial charge in [-0.05, 0) is 84.7 Å². The van der Waals surface area contributed by atoms with Gasteiger partial charge in [0, 0.05) is 11.4 Å². The maximum Gasteiger partial charge on any atom is 0.261 e. The van der Waals surface area contributed by atoms with Crippen LogP contribution in [0, 0.1) is 13.8 Å². The van der Waals surface area contributed by atoms with Crippen molar-refractivity contribution in [3.05, 3.63) is 125 Å². The van der Waals surface area contributed by atoms with Gasteiger partial charge in [-0.15, -0.1) is 0 Å². The van der Waals surface area contributed by atoms with Crippen molar-refractivity contribution >= 4 is 44.6 Å². The van der Waals surface area contributed by atoms with Crippen LogP contribution in [0.5, 0.6) is 0 Å². The summed E-state index contributed by atoms with van der Waals surface area (Å²) in [5.74, 6) is -0.808. The van der Waals surface area contributed by atoms with Crippen LogP contribution in [0.15, 0.2) is 108 Å². The highest BCUT2D eigenvalue weighted by molar-refractivity contribution is 7.92. The van der Waals surface area contributed by atoms with Gasteiger partial charge in [0.1, 0.15) is 0 Å². The average molecular weight is 530 g/mol. The van der Waals surface area contributed by atoms with Gasteiger partial charge in [0.15, 0.2) is 5.11 Å². The molecule has 0 unspecified atom stereocenters. The lowest BCUT2D eigenvalue weighted by Crippen LogP contribution is -2.37. The second-order valence-electron chi connectivity index (χ2n) is 8.70. The van der Waals surface area contributed by atoms with E-state index in [1.807, 2.05) is 80.6 Å². The molecule has 8 heteroatoms. The van der Waals surface area contributed by atoms with Crippen LogP contribution in [-0.4, -0.2) is 19.4 Å². The summed E-state index contributed by atoms with van der Waals surface area (Å²) in [7, 11) is -3.76. The Hall–Kier alpha value is -4.01. The lowest BCUT2D eigenvalue weighted by molar-refractivity contribution is -0.120. The van der Waals surface area contributed by atoms with Crippen molar-refractivity contribution in [3.8, 4) is 0 Å². The van der Waals surface area contributed by atoms with Gasteiger partial charge in [-0.1, -0.05) is 66.7 Å². The molecule has 0 aliphatic heterocycles. The van der Waals surface area contributed by atoms with Gasteiger partial charge >= 0.3 is 0 Å². The number of carbonyl (C=O) groups excluding carboxylic acids is 1. The number of thiocarbonyl (C=S) groups is 1. The Morgan fingerprint density at radius 2 is 1.24 bits per heavy atom. The van der Waals surface area contributed by atoms with E-state index < -0.39 is 15.9 Å². The molecule has 0 radical (unpaired) electrons. The third-order valence-corrected chi connectivity index (χ3v) is 7.26. The van der Waals surface area contributed by atoms with E-state index in [2.05, 4.69) is 15.4 Å². The molecule has 0 atom stereocenters. The summed E-state index contributed by atoms with van der Waals surface area (Å²) in [4.78, 5) is 13.3. The van der Waals surface area contributed by atoms with Crippen LogP contribution in [0.3, 0.4) is 0 Å². The Kier molecular flexibility index (Phi) is 8.01. The Morgan fingerprint density at radius 1 is 0.730 bits per heavy atom. The van der Waals surface area contributed by atoms with E-state index in [0.29, 0.717) is 11.4 Å². The summed E-state index contributed by atoms with van der Waals surface area (Å²) >= 11 is 5.38. The van der Waals surface area contributed by atoms with Gasteiger partial charge in [0.2, 0.25) is 5.91 Å². The molecule has 0 aliphatic rings. The monoisotopic (exact) mass is 529 g/mol. The van der Waals surface area contributed by atoms with E-state index in [4.69, 9.17) is 12.2 Å². The first kappa shape index (κ1) is 26.1. The number of anilines is 2. The molecule has 6 nitrogen and oxygen atoms in total. The van der Waals surface area contributed by atoms with Gasteiger partial charge < -0.3 is 10.6 Å². The van der Waals surface area contributed by atoms with Gasteiger partial charge in [-0.2, -0.15) is 0 Å². The van der Waals surface area contributed by atoms with Crippen molar-refractivity contribution in [2.45, 2.75) is 24.7 Å². The lowest BCUT2D eigenvalue weighted by Gasteiger charge is -2.19. The SMILES string of the molecule is Cc1cc(C)cc(NS(=O)(=O)c2ccc(NC(=S)NC(=O)C(c3ccccc3)c3ccccc3)cc2)c1. The van der Waals surface area contributed by atoms with Crippen LogP contribution in [0.2, 0.25) is 0 Å². The molecule has 0 aliphatic carbocycles. The van der Waals surface area contributed by atoms with E-state index in [-0.39, 0.29) is 15.9 Å². The molecule has 4 rings (SSSR count). The number of carbonyl (C=O) groups is 1. The van der Waals surface area contributed by atoms with Crippen LogP contribution in [0.25, 0.3) is 0 Å². The number of nitrogens with one attached hydrogen (secondary N) is 3. The topological polar surface area (TPSA) is 87.3 Å². The minimum atomic E-state index is -3.76. The number of aryl methyl sites for hydroxylation is 2. The zero-order valence-corrected chi connectivity index (χ0v) is 22.1. The first-order chi connectivity index (χ1) is 17.7. The highest BCUT2D eigenvalue weighted by atomic mass is 32.2. The van der Waals surface area contributed by atoms with E-state index in [0.717, 1.165) is 22.3 Å². The Balaban J connectivity index is 1.44. The number of benzene rings is 4. The van der Waals surface area contributed by atoms with E-state index >= 15 is 0 Å². The van der Waals surface area contributed by atoms with Gasteiger partial charge in [0.05, 0.1) is 10.8 Å². The summed E-state index contributed by atoms with van der Waals surface area (Å²) < 4.78 is 28.3. The summed E-state index contributed by atoms with van der Waals surface area (Å²) in [5, 5.41) is 5.84. The maximum absolute atomic E-state index is 13.2. The molecule has 0 aromatic heterocycles. The Bertz CT molecular complexity index is 1450. The standard InChI is InChI=1S/C29H27N3O3S2/c1-20-17-21(2)19-25(18-20)32-37(34,35)26-15-13-24(14-16-26)30-29(36)31-28(33)27(22-9-5-3-6-10-22)23-11-7-4-8-12-23/h3-19,27,32H,1-2H3,(H2,30,31,33,36). The highest BCUT2D eigenvalue weighted by Gasteiger charge is 2.23. The third-order valence-electron chi connectivity index (χ3n) is 5.66. The predicted octanol–water partition coefficient (Wildman–Crippen LogP) is 5.75. The number of amides is 1. The Labute approximate surface area is 222 Å². The first-order valence-corrected chi connectivity index (χ1v) is 13.5. The third kappa shape index (κ3) is 6.81. The van der Waals surface area contributed by atoms with Crippen molar-refractivity contribution in [2.24, 2.45) is 0 Å². The Morgan fingerprint density at radius 3 is 1.76 bits per heavy atom. The fourth-order valence-corrected chi connectivity index (χ4v) is 5.36. The summed E-state index contributed by atoms with van der Waals surface area (Å²) in [5.41, 5.74) is 4.69. The zero-order valence-electron chi connectivity index (χ0n) is 20.4. The van der Waals surface area contributed by atoms with Crippen LogP contribution in [0.1, 0.15) is 28.2 Å². The minimum Gasteiger partial charge on any atom is -0.332 e. The molecule has 0 saturated heterocycles. The van der Waals surface area contributed by atoms with E-state index in [1.165, 1.54) is 12.1 Å². The molecule has 0 saturated carbocycles. The molecule has 1 amide bonds. The van der Waals surface area contributed by atoms with Crippen molar-refractivity contribution < 1.29 is 13.2 Å². The maximum atomic E-state index is 13.2. The van der Waals surface area contributed by atoms with Gasteiger partial charge in [-0.25, -0.2) is 8.42 Å². The van der Waals surface area contributed by atoms with Gasteiger partial charge in [0.25, 0.3) is 10.0 Å². The van der Waals surface area contributed by atoms with Crippen LogP contribution in [-0.2, 0) is 14.8 Å². The number of hydrogen-bond acceptors (Lipinski definition) is 4. The fourth-order valence-electron chi connectivity index (χ4n) is 4.10. The average Bonchev–Trinajstić information content (AvgIpc) is 2.85. The van der Waals surface area contributed by atoms with Crippen molar-refractivity contribution in [2.75, 3.05) is 10.0 Å². The number of sulfonamides is 1. The molecule has 0 heterocycles. The van der Waals surface area contributed by atoms with Crippen LogP contribution < -0.4 is 15.4 Å². The lowest BCUT2D eigenvalue weighted by atomic mass is 9.90. The van der Waals surface area contributed by atoms with Crippen molar-refractivity contribution in [3.63, 3.8) is 0 Å². The predicted molar refractivity (Wildman–Crippen MR) is 152 cm³/mol. The zero-order chi connectivity index (χ0) is 26.4. The number of rotatable bonds is 7. The van der Waals surface area contributed by atoms with Crippen molar-refractivity contribution in [1.29, 1.82) is 0 Å². The van der Waals surface area contributed by atoms with Crippen LogP contribution >= 0.6 is 12.2 Å². The molecular weight excluding hydrogens is 502 g/mol. The largest absolute Gasteiger partial charge is 0.332 e. The van der Waals surface area contributed by atoms with Crippen molar-refractivity contribution in [1.82, 2.24) is 5.32 Å². The minimum absolute atomic E-state index is 0.111. The van der Waals surface area contributed by atoms with Crippen LogP contribution in [0.4, 0.5) is 11.4 Å². The van der Waals surface area contributed by atoms with E-state index in [9.17, 15) is 13.2 Å². The fraction of sp³-hybridized carbons (Fsp3) is 0.103. The number of hydrogen-bond donors (Lipinski definition) is 3. The van der Waals surface area contributed by atoms with Gasteiger partial charge in [-0.3, -0.25) is 9.52 Å².